The average molecular weight is 407 g/mol. The van der Waals surface area contributed by atoms with E-state index in [1.807, 2.05) is 59.8 Å². The van der Waals surface area contributed by atoms with Crippen LogP contribution in [0.1, 0.15) is 24.8 Å². The minimum atomic E-state index is -0.135. The Labute approximate surface area is 175 Å². The van der Waals surface area contributed by atoms with Gasteiger partial charge < -0.3 is 5.32 Å². The van der Waals surface area contributed by atoms with E-state index in [9.17, 15) is 0 Å². The van der Waals surface area contributed by atoms with Gasteiger partial charge in [-0.05, 0) is 54.5 Å². The quantitative estimate of drug-likeness (QED) is 0.740. The van der Waals surface area contributed by atoms with Gasteiger partial charge in [0.25, 0.3) is 0 Å². The third-order valence-corrected chi connectivity index (χ3v) is 5.76. The van der Waals surface area contributed by atoms with Gasteiger partial charge in [-0.15, -0.1) is 0 Å². The number of anilines is 1. The molecule has 1 saturated carbocycles. The van der Waals surface area contributed by atoms with Gasteiger partial charge in [-0.2, -0.15) is 0 Å². The highest BCUT2D eigenvalue weighted by atomic mass is 35.5. The standard InChI is InChI=1S/C23H23ClN4O/c24-21-9-5-4-8-20(21)18-12-17-13-25-23(26-19-6-2-1-3-7-19)27-22(17)28(14-18)29-15-16-10-11-16/h1-9,13-14,16-17,22H,10-12,15H2,(H,26,27). The van der Waals surface area contributed by atoms with E-state index in [0.29, 0.717) is 11.9 Å². The van der Waals surface area contributed by atoms with Gasteiger partial charge in [-0.1, -0.05) is 48.0 Å². The number of benzene rings is 2. The molecule has 6 heteroatoms. The van der Waals surface area contributed by atoms with Crippen LogP contribution in [0.2, 0.25) is 5.02 Å². The number of rotatable bonds is 5. The Kier molecular flexibility index (Phi) is 5.08. The molecule has 29 heavy (non-hydrogen) atoms. The Morgan fingerprint density at radius 2 is 1.86 bits per heavy atom. The molecule has 0 saturated heterocycles. The third-order valence-electron chi connectivity index (χ3n) is 5.43. The third kappa shape index (κ3) is 4.21. The second-order valence-corrected chi connectivity index (χ2v) is 8.14. The molecule has 2 aliphatic heterocycles. The maximum Gasteiger partial charge on any atom is 0.224 e. The largest absolute Gasteiger partial charge is 0.324 e. The molecule has 0 amide bonds. The number of hydrogen-bond acceptors (Lipinski definition) is 5. The molecule has 3 aliphatic rings. The summed E-state index contributed by atoms with van der Waals surface area (Å²) in [4.78, 5) is 15.6. The van der Waals surface area contributed by atoms with Crippen molar-refractivity contribution in [1.82, 2.24) is 5.06 Å². The summed E-state index contributed by atoms with van der Waals surface area (Å²) in [5.41, 5.74) is 3.15. The molecule has 2 heterocycles. The number of aliphatic imine (C=N–C) groups is 2. The molecule has 0 bridgehead atoms. The number of halogens is 1. The van der Waals surface area contributed by atoms with E-state index in [0.717, 1.165) is 34.9 Å². The molecule has 1 aliphatic carbocycles. The van der Waals surface area contributed by atoms with Gasteiger partial charge in [-0.3, -0.25) is 4.84 Å². The Bertz CT molecular complexity index is 968. The van der Waals surface area contributed by atoms with Gasteiger partial charge in [0, 0.05) is 29.0 Å². The maximum atomic E-state index is 6.46. The first-order valence-corrected chi connectivity index (χ1v) is 10.4. The van der Waals surface area contributed by atoms with Crippen LogP contribution in [0.3, 0.4) is 0 Å². The van der Waals surface area contributed by atoms with Gasteiger partial charge in [0.15, 0.2) is 6.17 Å². The van der Waals surface area contributed by atoms with Crippen LogP contribution in [0.4, 0.5) is 5.69 Å². The summed E-state index contributed by atoms with van der Waals surface area (Å²) in [6.07, 6.45) is 7.23. The van der Waals surface area contributed by atoms with Gasteiger partial charge in [0.05, 0.1) is 6.61 Å². The predicted molar refractivity (Wildman–Crippen MR) is 118 cm³/mol. The van der Waals surface area contributed by atoms with Gasteiger partial charge in [0.1, 0.15) is 0 Å². The Morgan fingerprint density at radius 3 is 2.66 bits per heavy atom. The van der Waals surface area contributed by atoms with Crippen molar-refractivity contribution in [3.8, 4) is 0 Å². The first kappa shape index (κ1) is 18.4. The van der Waals surface area contributed by atoms with Gasteiger partial charge in [0.2, 0.25) is 5.96 Å². The van der Waals surface area contributed by atoms with E-state index in [2.05, 4.69) is 22.6 Å². The normalized spacial score (nSPS) is 23.3. The summed E-state index contributed by atoms with van der Waals surface area (Å²) in [7, 11) is 0. The fourth-order valence-electron chi connectivity index (χ4n) is 3.64. The number of hydrogen-bond donors (Lipinski definition) is 1. The highest BCUT2D eigenvalue weighted by Crippen LogP contribution is 2.37. The zero-order valence-corrected chi connectivity index (χ0v) is 16.8. The zero-order chi connectivity index (χ0) is 19.6. The first-order chi connectivity index (χ1) is 14.3. The summed E-state index contributed by atoms with van der Waals surface area (Å²) < 4.78 is 0. The van der Waals surface area contributed by atoms with Crippen molar-refractivity contribution in [3.05, 3.63) is 71.4 Å². The Balaban J connectivity index is 1.42. The highest BCUT2D eigenvalue weighted by Gasteiger charge is 2.35. The van der Waals surface area contributed by atoms with Crippen LogP contribution in [0.5, 0.6) is 0 Å². The molecule has 0 radical (unpaired) electrons. The molecule has 2 atom stereocenters. The number of guanidine groups is 1. The molecule has 0 aromatic heterocycles. The van der Waals surface area contributed by atoms with Crippen LogP contribution in [-0.4, -0.2) is 30.0 Å². The predicted octanol–water partition coefficient (Wildman–Crippen LogP) is 5.22. The van der Waals surface area contributed by atoms with Crippen LogP contribution in [-0.2, 0) is 4.84 Å². The Hall–Kier alpha value is -2.63. The summed E-state index contributed by atoms with van der Waals surface area (Å²) in [5.74, 6) is 1.40. The van der Waals surface area contributed by atoms with E-state index >= 15 is 0 Å². The van der Waals surface area contributed by atoms with E-state index in [4.69, 9.17) is 21.4 Å². The van der Waals surface area contributed by atoms with Crippen molar-refractivity contribution >= 4 is 35.0 Å². The van der Waals surface area contributed by atoms with Crippen LogP contribution >= 0.6 is 11.6 Å². The van der Waals surface area contributed by atoms with E-state index in [1.54, 1.807) is 0 Å². The number of para-hydroxylation sites is 1. The number of allylic oxidation sites excluding steroid dienone is 1. The zero-order valence-electron chi connectivity index (χ0n) is 16.0. The molecule has 5 nitrogen and oxygen atoms in total. The molecule has 1 N–H and O–H groups in total. The molecule has 2 unspecified atom stereocenters. The lowest BCUT2D eigenvalue weighted by atomic mass is 9.90. The Morgan fingerprint density at radius 1 is 1.07 bits per heavy atom. The van der Waals surface area contributed by atoms with Crippen molar-refractivity contribution in [2.75, 3.05) is 11.9 Å². The molecule has 5 rings (SSSR count). The van der Waals surface area contributed by atoms with E-state index < -0.39 is 0 Å². The number of nitrogens with zero attached hydrogens (tertiary/aromatic N) is 3. The number of nitrogens with one attached hydrogen (secondary N) is 1. The fourth-order valence-corrected chi connectivity index (χ4v) is 3.90. The number of hydroxylamine groups is 2. The van der Waals surface area contributed by atoms with Crippen LogP contribution in [0.25, 0.3) is 5.57 Å². The minimum absolute atomic E-state index is 0.131. The van der Waals surface area contributed by atoms with Crippen LogP contribution in [0, 0.1) is 11.8 Å². The summed E-state index contributed by atoms with van der Waals surface area (Å²) in [6, 6.07) is 17.9. The fraction of sp³-hybridized carbons (Fsp3) is 0.304. The SMILES string of the molecule is Clc1ccccc1C1=CN(OCC2CC2)C2N=C(Nc3ccccc3)N=CC2C1. The molecular formula is C23H23ClN4O. The summed E-state index contributed by atoms with van der Waals surface area (Å²) >= 11 is 6.46. The molecule has 148 valence electrons. The molecule has 2 aromatic carbocycles. The van der Waals surface area contributed by atoms with E-state index in [-0.39, 0.29) is 12.1 Å². The van der Waals surface area contributed by atoms with Crippen molar-refractivity contribution in [1.29, 1.82) is 0 Å². The second-order valence-electron chi connectivity index (χ2n) is 7.74. The smallest absolute Gasteiger partial charge is 0.224 e. The molecule has 1 fully saturated rings. The second kappa shape index (κ2) is 8.01. The summed E-state index contributed by atoms with van der Waals surface area (Å²) in [5, 5.41) is 5.95. The molecule has 2 aromatic rings. The molecule has 0 spiro atoms. The monoisotopic (exact) mass is 406 g/mol. The number of fused-ring (bicyclic) bond motifs is 1. The highest BCUT2D eigenvalue weighted by molar-refractivity contribution is 6.32. The lowest BCUT2D eigenvalue weighted by molar-refractivity contribution is -0.159. The first-order valence-electron chi connectivity index (χ1n) is 10.1. The van der Waals surface area contributed by atoms with Crippen molar-refractivity contribution in [3.63, 3.8) is 0 Å². The van der Waals surface area contributed by atoms with Gasteiger partial charge in [-0.25, -0.2) is 15.0 Å². The maximum absolute atomic E-state index is 6.46. The van der Waals surface area contributed by atoms with Crippen molar-refractivity contribution in [2.24, 2.45) is 21.8 Å². The van der Waals surface area contributed by atoms with Crippen molar-refractivity contribution in [2.45, 2.75) is 25.4 Å². The average Bonchev–Trinajstić information content (AvgIpc) is 3.58. The van der Waals surface area contributed by atoms with Crippen LogP contribution in [0.15, 0.2) is 70.8 Å². The summed E-state index contributed by atoms with van der Waals surface area (Å²) in [6.45, 7) is 0.726. The van der Waals surface area contributed by atoms with Crippen molar-refractivity contribution < 1.29 is 4.84 Å². The lowest BCUT2D eigenvalue weighted by Crippen LogP contribution is -2.43. The topological polar surface area (TPSA) is 49.2 Å². The van der Waals surface area contributed by atoms with Crippen LogP contribution < -0.4 is 5.32 Å². The lowest BCUT2D eigenvalue weighted by Gasteiger charge is -2.38. The van der Waals surface area contributed by atoms with Gasteiger partial charge >= 0.3 is 0 Å². The molecular weight excluding hydrogens is 384 g/mol. The minimum Gasteiger partial charge on any atom is -0.324 e. The van der Waals surface area contributed by atoms with E-state index in [1.165, 1.54) is 12.8 Å².